The standard InChI is InChI=1S/C11H25N.ClH/c1-9(2)7-6-8-11(5)12-10(3)4;/h9-12H,6-8H2,1-5H3;1H. The lowest BCUT2D eigenvalue weighted by Crippen LogP contribution is -2.32. The van der Waals surface area contributed by atoms with Crippen molar-refractivity contribution in [2.45, 2.75) is 66.0 Å². The van der Waals surface area contributed by atoms with Crippen LogP contribution in [0.2, 0.25) is 0 Å². The monoisotopic (exact) mass is 207 g/mol. The van der Waals surface area contributed by atoms with Gasteiger partial charge in [0, 0.05) is 12.1 Å². The van der Waals surface area contributed by atoms with Crippen molar-refractivity contribution in [3.63, 3.8) is 0 Å². The Balaban J connectivity index is 0. The van der Waals surface area contributed by atoms with Crippen molar-refractivity contribution in [3.8, 4) is 0 Å². The second-order valence-electron chi connectivity index (χ2n) is 4.55. The number of hydrogen-bond acceptors (Lipinski definition) is 1. The summed E-state index contributed by atoms with van der Waals surface area (Å²) in [5, 5.41) is 3.52. The minimum atomic E-state index is 0. The van der Waals surface area contributed by atoms with Gasteiger partial charge in [0.15, 0.2) is 0 Å². The van der Waals surface area contributed by atoms with Crippen LogP contribution in [0, 0.1) is 5.92 Å². The molecule has 82 valence electrons. The summed E-state index contributed by atoms with van der Waals surface area (Å²) in [6, 6.07) is 1.31. The Bertz CT molecular complexity index is 102. The first-order chi connectivity index (χ1) is 5.52. The van der Waals surface area contributed by atoms with Crippen molar-refractivity contribution < 1.29 is 0 Å². The van der Waals surface area contributed by atoms with Gasteiger partial charge in [-0.05, 0) is 19.3 Å². The quantitative estimate of drug-likeness (QED) is 0.702. The smallest absolute Gasteiger partial charge is 0.00410 e. The fourth-order valence-corrected chi connectivity index (χ4v) is 1.48. The predicted octanol–water partition coefficient (Wildman–Crippen LogP) is 3.62. The molecule has 0 fully saturated rings. The van der Waals surface area contributed by atoms with E-state index < -0.39 is 0 Å². The second kappa shape index (κ2) is 8.83. The summed E-state index contributed by atoms with van der Waals surface area (Å²) in [5.74, 6) is 0.858. The third kappa shape index (κ3) is 12.2. The Labute approximate surface area is 90.1 Å². The summed E-state index contributed by atoms with van der Waals surface area (Å²) < 4.78 is 0. The molecule has 0 aliphatic carbocycles. The Morgan fingerprint density at radius 1 is 0.923 bits per heavy atom. The van der Waals surface area contributed by atoms with Gasteiger partial charge >= 0.3 is 0 Å². The molecule has 1 unspecified atom stereocenters. The molecule has 0 aliphatic heterocycles. The average Bonchev–Trinajstić information content (AvgIpc) is 1.84. The van der Waals surface area contributed by atoms with Gasteiger partial charge in [0.05, 0.1) is 0 Å². The molecule has 0 aromatic heterocycles. The molecule has 1 atom stereocenters. The zero-order chi connectivity index (χ0) is 9.56. The highest BCUT2D eigenvalue weighted by molar-refractivity contribution is 5.85. The molecule has 0 aromatic rings. The molecule has 0 saturated heterocycles. The van der Waals surface area contributed by atoms with E-state index in [1.807, 2.05) is 0 Å². The van der Waals surface area contributed by atoms with Crippen LogP contribution in [0.5, 0.6) is 0 Å². The zero-order valence-electron chi connectivity index (χ0n) is 9.76. The second-order valence-corrected chi connectivity index (χ2v) is 4.55. The van der Waals surface area contributed by atoms with Gasteiger partial charge in [0.2, 0.25) is 0 Å². The molecule has 2 heteroatoms. The number of nitrogens with one attached hydrogen (secondary N) is 1. The van der Waals surface area contributed by atoms with Gasteiger partial charge in [-0.2, -0.15) is 0 Å². The number of halogens is 1. The largest absolute Gasteiger partial charge is 0.312 e. The predicted molar refractivity (Wildman–Crippen MR) is 63.7 cm³/mol. The van der Waals surface area contributed by atoms with Crippen molar-refractivity contribution in [1.29, 1.82) is 0 Å². The van der Waals surface area contributed by atoms with Gasteiger partial charge in [-0.15, -0.1) is 12.4 Å². The molecule has 0 heterocycles. The van der Waals surface area contributed by atoms with Crippen LogP contribution >= 0.6 is 12.4 Å². The van der Waals surface area contributed by atoms with Crippen LogP contribution in [-0.2, 0) is 0 Å². The molecule has 0 aliphatic rings. The van der Waals surface area contributed by atoms with Crippen molar-refractivity contribution in [2.75, 3.05) is 0 Å². The molecular weight excluding hydrogens is 182 g/mol. The maximum Gasteiger partial charge on any atom is 0.00410 e. The van der Waals surface area contributed by atoms with E-state index in [1.165, 1.54) is 19.3 Å². The Morgan fingerprint density at radius 3 is 1.85 bits per heavy atom. The van der Waals surface area contributed by atoms with Gasteiger partial charge in [-0.3, -0.25) is 0 Å². The molecule has 1 nitrogen and oxygen atoms in total. The first kappa shape index (κ1) is 15.7. The summed E-state index contributed by atoms with van der Waals surface area (Å²) in [5.41, 5.74) is 0. The van der Waals surface area contributed by atoms with E-state index in [0.717, 1.165) is 5.92 Å². The van der Waals surface area contributed by atoms with Gasteiger partial charge in [0.1, 0.15) is 0 Å². The minimum Gasteiger partial charge on any atom is -0.312 e. The first-order valence-electron chi connectivity index (χ1n) is 5.28. The Hall–Kier alpha value is 0.250. The van der Waals surface area contributed by atoms with Crippen molar-refractivity contribution in [3.05, 3.63) is 0 Å². The van der Waals surface area contributed by atoms with E-state index in [2.05, 4.69) is 39.9 Å². The summed E-state index contributed by atoms with van der Waals surface area (Å²) in [6.07, 6.45) is 4.04. The van der Waals surface area contributed by atoms with E-state index in [-0.39, 0.29) is 12.4 Å². The molecule has 0 radical (unpaired) electrons. The highest BCUT2D eigenvalue weighted by Gasteiger charge is 2.03. The van der Waals surface area contributed by atoms with Crippen molar-refractivity contribution in [1.82, 2.24) is 5.32 Å². The average molecular weight is 208 g/mol. The topological polar surface area (TPSA) is 12.0 Å². The summed E-state index contributed by atoms with van der Waals surface area (Å²) >= 11 is 0. The Morgan fingerprint density at radius 2 is 1.46 bits per heavy atom. The van der Waals surface area contributed by atoms with E-state index >= 15 is 0 Å². The first-order valence-corrected chi connectivity index (χ1v) is 5.28. The minimum absolute atomic E-state index is 0. The molecule has 0 amide bonds. The molecule has 1 N–H and O–H groups in total. The molecule has 0 spiro atoms. The third-order valence-electron chi connectivity index (χ3n) is 2.04. The Kier molecular flexibility index (Phi) is 10.7. The molecule has 0 aromatic carbocycles. The van der Waals surface area contributed by atoms with E-state index in [0.29, 0.717) is 12.1 Å². The molecule has 0 bridgehead atoms. The normalized spacial score (nSPS) is 13.2. The van der Waals surface area contributed by atoms with Gasteiger partial charge in [-0.1, -0.05) is 40.5 Å². The molecule has 0 rings (SSSR count). The van der Waals surface area contributed by atoms with Crippen LogP contribution in [0.25, 0.3) is 0 Å². The maximum absolute atomic E-state index is 3.52. The lowest BCUT2D eigenvalue weighted by atomic mass is 10.0. The molecular formula is C11H26ClN. The third-order valence-corrected chi connectivity index (χ3v) is 2.04. The highest BCUT2D eigenvalue weighted by atomic mass is 35.5. The zero-order valence-corrected chi connectivity index (χ0v) is 10.6. The van der Waals surface area contributed by atoms with Gasteiger partial charge < -0.3 is 5.32 Å². The van der Waals surface area contributed by atoms with Gasteiger partial charge in [0.25, 0.3) is 0 Å². The maximum atomic E-state index is 3.52. The van der Waals surface area contributed by atoms with Crippen LogP contribution in [0.1, 0.15) is 53.9 Å². The summed E-state index contributed by atoms with van der Waals surface area (Å²) in [6.45, 7) is 11.3. The fourth-order valence-electron chi connectivity index (χ4n) is 1.48. The molecule has 0 saturated carbocycles. The van der Waals surface area contributed by atoms with Crippen molar-refractivity contribution in [2.24, 2.45) is 5.92 Å². The van der Waals surface area contributed by atoms with Crippen LogP contribution in [-0.4, -0.2) is 12.1 Å². The van der Waals surface area contributed by atoms with E-state index in [9.17, 15) is 0 Å². The highest BCUT2D eigenvalue weighted by Crippen LogP contribution is 2.08. The lowest BCUT2D eigenvalue weighted by molar-refractivity contribution is 0.430. The summed E-state index contributed by atoms with van der Waals surface area (Å²) in [7, 11) is 0. The van der Waals surface area contributed by atoms with Gasteiger partial charge in [-0.25, -0.2) is 0 Å². The van der Waals surface area contributed by atoms with Crippen LogP contribution in [0.15, 0.2) is 0 Å². The van der Waals surface area contributed by atoms with Crippen molar-refractivity contribution >= 4 is 12.4 Å². The lowest BCUT2D eigenvalue weighted by Gasteiger charge is -2.16. The van der Waals surface area contributed by atoms with E-state index in [1.54, 1.807) is 0 Å². The molecule has 13 heavy (non-hydrogen) atoms. The number of rotatable bonds is 6. The summed E-state index contributed by atoms with van der Waals surface area (Å²) in [4.78, 5) is 0. The number of hydrogen-bond donors (Lipinski definition) is 1. The van der Waals surface area contributed by atoms with Crippen LogP contribution < -0.4 is 5.32 Å². The van der Waals surface area contributed by atoms with Crippen LogP contribution in [0.4, 0.5) is 0 Å². The van der Waals surface area contributed by atoms with E-state index in [4.69, 9.17) is 0 Å². The van der Waals surface area contributed by atoms with Crippen LogP contribution in [0.3, 0.4) is 0 Å². The fraction of sp³-hybridized carbons (Fsp3) is 1.00. The SMILES string of the molecule is CC(C)CCCC(C)NC(C)C.Cl.